The molecule has 2 rings (SSSR count). The van der Waals surface area contributed by atoms with Gasteiger partial charge in [-0.2, -0.15) is 0 Å². The highest BCUT2D eigenvalue weighted by Gasteiger charge is 2.14. The van der Waals surface area contributed by atoms with E-state index in [4.69, 9.17) is 0 Å². The molecule has 5 heteroatoms. The summed E-state index contributed by atoms with van der Waals surface area (Å²) in [6, 6.07) is 9.18. The van der Waals surface area contributed by atoms with Gasteiger partial charge >= 0.3 is 0 Å². The molecule has 0 bridgehead atoms. The standard InChI is InChI=1S/C15H20N2O2S/c1-17(2)13(15-4-3-7-20-15)10-16-9-11-5-6-12(18)8-14(11)19/h3-8,13,16,18-19H,9-10H2,1-2H3. The summed E-state index contributed by atoms with van der Waals surface area (Å²) in [6.07, 6.45) is 0. The fraction of sp³-hybridized carbons (Fsp3) is 0.333. The van der Waals surface area contributed by atoms with Gasteiger partial charge in [0.2, 0.25) is 0 Å². The van der Waals surface area contributed by atoms with E-state index in [2.05, 4.69) is 41.8 Å². The van der Waals surface area contributed by atoms with Crippen LogP contribution in [0.15, 0.2) is 35.7 Å². The van der Waals surface area contributed by atoms with Crippen LogP contribution in [0.2, 0.25) is 0 Å². The molecule has 1 heterocycles. The van der Waals surface area contributed by atoms with Crippen molar-refractivity contribution in [1.82, 2.24) is 10.2 Å². The summed E-state index contributed by atoms with van der Waals surface area (Å²) in [5.41, 5.74) is 0.784. The van der Waals surface area contributed by atoms with E-state index in [0.29, 0.717) is 12.6 Å². The molecule has 0 spiro atoms. The number of nitrogens with one attached hydrogen (secondary N) is 1. The van der Waals surface area contributed by atoms with Crippen molar-refractivity contribution in [2.45, 2.75) is 12.6 Å². The second-order valence-corrected chi connectivity index (χ2v) is 5.92. The third-order valence-corrected chi connectivity index (χ3v) is 4.19. The Morgan fingerprint density at radius 1 is 1.25 bits per heavy atom. The largest absolute Gasteiger partial charge is 0.508 e. The van der Waals surface area contributed by atoms with Gasteiger partial charge in [-0.3, -0.25) is 0 Å². The van der Waals surface area contributed by atoms with Gasteiger partial charge in [0.25, 0.3) is 0 Å². The zero-order valence-corrected chi connectivity index (χ0v) is 12.5. The minimum atomic E-state index is 0.0796. The molecule has 20 heavy (non-hydrogen) atoms. The molecule has 0 amide bonds. The highest BCUT2D eigenvalue weighted by atomic mass is 32.1. The van der Waals surface area contributed by atoms with Crippen LogP contribution in [0.3, 0.4) is 0 Å². The first-order valence-electron chi connectivity index (χ1n) is 6.49. The van der Waals surface area contributed by atoms with E-state index in [-0.39, 0.29) is 11.5 Å². The molecular weight excluding hydrogens is 272 g/mol. The van der Waals surface area contributed by atoms with Gasteiger partial charge in [0.05, 0.1) is 6.04 Å². The maximum atomic E-state index is 9.74. The van der Waals surface area contributed by atoms with Gasteiger partial charge in [0.15, 0.2) is 0 Å². The summed E-state index contributed by atoms with van der Waals surface area (Å²) in [6.45, 7) is 1.37. The Balaban J connectivity index is 1.94. The monoisotopic (exact) mass is 292 g/mol. The van der Waals surface area contributed by atoms with Crippen LogP contribution in [0.5, 0.6) is 11.5 Å². The SMILES string of the molecule is CN(C)C(CNCc1ccc(O)cc1O)c1cccs1. The van der Waals surface area contributed by atoms with E-state index in [1.807, 2.05) is 0 Å². The van der Waals surface area contributed by atoms with E-state index in [9.17, 15) is 10.2 Å². The number of aromatic hydroxyl groups is 2. The molecule has 1 atom stereocenters. The highest BCUT2D eigenvalue weighted by molar-refractivity contribution is 7.10. The molecule has 1 aromatic carbocycles. The normalized spacial score (nSPS) is 12.8. The maximum absolute atomic E-state index is 9.74. The molecule has 0 saturated carbocycles. The first kappa shape index (κ1) is 14.8. The van der Waals surface area contributed by atoms with Gasteiger partial charge in [-0.05, 0) is 31.6 Å². The fourth-order valence-corrected chi connectivity index (χ4v) is 2.99. The van der Waals surface area contributed by atoms with Gasteiger partial charge in [-0.25, -0.2) is 0 Å². The van der Waals surface area contributed by atoms with E-state index >= 15 is 0 Å². The topological polar surface area (TPSA) is 55.7 Å². The molecule has 1 aromatic heterocycles. The summed E-state index contributed by atoms with van der Waals surface area (Å²) < 4.78 is 0. The summed E-state index contributed by atoms with van der Waals surface area (Å²) >= 11 is 1.75. The molecule has 0 saturated heterocycles. The van der Waals surface area contributed by atoms with Crippen molar-refractivity contribution in [3.05, 3.63) is 46.2 Å². The van der Waals surface area contributed by atoms with Crippen LogP contribution < -0.4 is 5.32 Å². The molecule has 108 valence electrons. The number of likely N-dealkylation sites (N-methyl/N-ethyl adjacent to an activating group) is 1. The molecule has 2 aromatic rings. The van der Waals surface area contributed by atoms with Crippen molar-refractivity contribution >= 4 is 11.3 Å². The number of phenols is 2. The predicted octanol–water partition coefficient (Wildman–Crippen LogP) is 2.55. The lowest BCUT2D eigenvalue weighted by atomic mass is 10.1. The molecule has 0 aliphatic carbocycles. The Kier molecular flexibility index (Phi) is 5.00. The number of hydrogen-bond acceptors (Lipinski definition) is 5. The van der Waals surface area contributed by atoms with Gasteiger partial charge < -0.3 is 20.4 Å². The van der Waals surface area contributed by atoms with Crippen LogP contribution in [-0.2, 0) is 6.54 Å². The van der Waals surface area contributed by atoms with Crippen LogP contribution in [-0.4, -0.2) is 35.8 Å². The summed E-state index contributed by atoms with van der Waals surface area (Å²) in [5, 5.41) is 24.4. The zero-order valence-electron chi connectivity index (χ0n) is 11.7. The van der Waals surface area contributed by atoms with Crippen LogP contribution in [0, 0.1) is 0 Å². The Morgan fingerprint density at radius 2 is 2.05 bits per heavy atom. The van der Waals surface area contributed by atoms with Crippen LogP contribution in [0.4, 0.5) is 0 Å². The summed E-state index contributed by atoms with van der Waals surface area (Å²) in [4.78, 5) is 3.49. The predicted molar refractivity (Wildman–Crippen MR) is 82.2 cm³/mol. The molecule has 3 N–H and O–H groups in total. The number of benzene rings is 1. The number of thiophene rings is 1. The van der Waals surface area contributed by atoms with Crippen molar-refractivity contribution < 1.29 is 10.2 Å². The van der Waals surface area contributed by atoms with Crippen LogP contribution in [0.1, 0.15) is 16.5 Å². The lowest BCUT2D eigenvalue weighted by Crippen LogP contribution is -2.30. The van der Waals surface area contributed by atoms with E-state index in [1.165, 1.54) is 10.9 Å². The van der Waals surface area contributed by atoms with Crippen molar-refractivity contribution in [1.29, 1.82) is 0 Å². The highest BCUT2D eigenvalue weighted by Crippen LogP contribution is 2.24. The first-order valence-corrected chi connectivity index (χ1v) is 7.37. The quantitative estimate of drug-likeness (QED) is 0.766. The van der Waals surface area contributed by atoms with E-state index < -0.39 is 0 Å². The minimum Gasteiger partial charge on any atom is -0.508 e. The van der Waals surface area contributed by atoms with Gasteiger partial charge in [0.1, 0.15) is 11.5 Å². The number of rotatable bonds is 6. The molecular formula is C15H20N2O2S. The van der Waals surface area contributed by atoms with Crippen molar-refractivity contribution in [2.75, 3.05) is 20.6 Å². The molecule has 0 aliphatic rings. The van der Waals surface area contributed by atoms with Gasteiger partial charge in [-0.15, -0.1) is 11.3 Å². The average Bonchev–Trinajstić information content (AvgIpc) is 2.90. The van der Waals surface area contributed by atoms with Crippen LogP contribution >= 0.6 is 11.3 Å². The van der Waals surface area contributed by atoms with Gasteiger partial charge in [0, 0.05) is 29.6 Å². The van der Waals surface area contributed by atoms with Crippen molar-refractivity contribution in [3.63, 3.8) is 0 Å². The molecule has 0 radical (unpaired) electrons. The van der Waals surface area contributed by atoms with Crippen LogP contribution in [0.25, 0.3) is 0 Å². The second-order valence-electron chi connectivity index (χ2n) is 4.94. The summed E-state index contributed by atoms with van der Waals surface area (Å²) in [5.74, 6) is 0.200. The van der Waals surface area contributed by atoms with Crippen molar-refractivity contribution in [3.8, 4) is 11.5 Å². The van der Waals surface area contributed by atoms with E-state index in [0.717, 1.165) is 12.1 Å². The average molecular weight is 292 g/mol. The van der Waals surface area contributed by atoms with Gasteiger partial charge in [-0.1, -0.05) is 12.1 Å². The van der Waals surface area contributed by atoms with Crippen molar-refractivity contribution in [2.24, 2.45) is 0 Å². The third-order valence-electron chi connectivity index (χ3n) is 3.22. The summed E-state index contributed by atoms with van der Waals surface area (Å²) in [7, 11) is 4.12. The molecule has 1 unspecified atom stereocenters. The minimum absolute atomic E-state index is 0.0796. The smallest absolute Gasteiger partial charge is 0.123 e. The molecule has 4 nitrogen and oxygen atoms in total. The molecule has 0 fully saturated rings. The Bertz CT molecular complexity index is 541. The Morgan fingerprint density at radius 3 is 2.65 bits per heavy atom. The first-order chi connectivity index (χ1) is 9.58. The lowest BCUT2D eigenvalue weighted by Gasteiger charge is -2.23. The Labute approximate surface area is 123 Å². The number of nitrogens with zero attached hydrogens (tertiary/aromatic N) is 1. The number of hydrogen-bond donors (Lipinski definition) is 3. The van der Waals surface area contributed by atoms with E-state index in [1.54, 1.807) is 23.5 Å². The molecule has 0 aliphatic heterocycles. The maximum Gasteiger partial charge on any atom is 0.123 e. The Hall–Kier alpha value is -1.56. The lowest BCUT2D eigenvalue weighted by molar-refractivity contribution is 0.292. The number of phenolic OH excluding ortho intramolecular Hbond substituents is 2. The fourth-order valence-electron chi connectivity index (χ4n) is 2.06. The zero-order chi connectivity index (χ0) is 14.5. The third kappa shape index (κ3) is 3.72. The second kappa shape index (κ2) is 6.74.